The van der Waals surface area contributed by atoms with Crippen LogP contribution >= 0.6 is 0 Å². The van der Waals surface area contributed by atoms with E-state index in [0.29, 0.717) is 35.2 Å². The van der Waals surface area contributed by atoms with Crippen LogP contribution in [0.4, 0.5) is 8.78 Å². The van der Waals surface area contributed by atoms with Crippen molar-refractivity contribution in [3.05, 3.63) is 84.1 Å². The average molecular weight is 413 g/mol. The number of hydrogen-bond acceptors (Lipinski definition) is 4. The number of aromatic nitrogens is 1. The fourth-order valence-electron chi connectivity index (χ4n) is 2.94. The van der Waals surface area contributed by atoms with Gasteiger partial charge in [0.05, 0.1) is 30.9 Å². The summed E-state index contributed by atoms with van der Waals surface area (Å²) in [7, 11) is 0. The molecule has 0 bridgehead atoms. The molecule has 0 radical (unpaired) electrons. The van der Waals surface area contributed by atoms with Gasteiger partial charge in [0, 0.05) is 6.07 Å². The van der Waals surface area contributed by atoms with Crippen LogP contribution in [-0.2, 0) is 16.8 Å². The number of alkyl halides is 2. The molecule has 1 heterocycles. The SMILES string of the molecule is CCOc1ccc(C(C)(COCc2cccc(Oc3ccccc3)n2)C(F)F)cc1. The van der Waals surface area contributed by atoms with Crippen LogP contribution in [0.5, 0.6) is 17.4 Å². The zero-order chi connectivity index (χ0) is 21.4. The van der Waals surface area contributed by atoms with Crippen molar-refractivity contribution in [1.29, 1.82) is 0 Å². The van der Waals surface area contributed by atoms with Crippen molar-refractivity contribution in [3.63, 3.8) is 0 Å². The lowest BCUT2D eigenvalue weighted by Crippen LogP contribution is -2.36. The predicted molar refractivity (Wildman–Crippen MR) is 111 cm³/mol. The highest BCUT2D eigenvalue weighted by Crippen LogP contribution is 2.32. The Morgan fingerprint density at radius 2 is 1.63 bits per heavy atom. The molecule has 1 atom stereocenters. The molecule has 2 aromatic carbocycles. The van der Waals surface area contributed by atoms with E-state index in [4.69, 9.17) is 14.2 Å². The zero-order valence-electron chi connectivity index (χ0n) is 17.1. The molecule has 1 aromatic heterocycles. The maximum absolute atomic E-state index is 13.9. The van der Waals surface area contributed by atoms with E-state index in [9.17, 15) is 8.78 Å². The second-order valence-electron chi connectivity index (χ2n) is 7.05. The summed E-state index contributed by atoms with van der Waals surface area (Å²) in [6, 6.07) is 21.3. The van der Waals surface area contributed by atoms with Crippen LogP contribution in [0, 0.1) is 0 Å². The van der Waals surface area contributed by atoms with Crippen molar-refractivity contribution >= 4 is 0 Å². The standard InChI is InChI=1S/C24H25F2NO3/c1-3-29-20-14-12-18(13-15-20)24(2,23(25)26)17-28-16-19-8-7-11-22(27-19)30-21-9-5-4-6-10-21/h4-15,23H,3,16-17H2,1-2H3. The number of hydrogen-bond donors (Lipinski definition) is 0. The number of pyridine rings is 1. The number of rotatable bonds is 10. The molecule has 6 heteroatoms. The highest BCUT2D eigenvalue weighted by molar-refractivity contribution is 5.33. The molecule has 0 aliphatic heterocycles. The lowest BCUT2D eigenvalue weighted by atomic mass is 9.83. The Morgan fingerprint density at radius 1 is 0.900 bits per heavy atom. The van der Waals surface area contributed by atoms with Crippen LogP contribution in [0.1, 0.15) is 25.1 Å². The quantitative estimate of drug-likeness (QED) is 0.408. The van der Waals surface area contributed by atoms with Gasteiger partial charge in [0.2, 0.25) is 12.3 Å². The Balaban J connectivity index is 1.63. The van der Waals surface area contributed by atoms with E-state index in [1.807, 2.05) is 37.3 Å². The number of halogens is 2. The molecule has 0 aliphatic carbocycles. The molecule has 0 N–H and O–H groups in total. The molecule has 30 heavy (non-hydrogen) atoms. The maximum atomic E-state index is 13.9. The van der Waals surface area contributed by atoms with E-state index >= 15 is 0 Å². The Morgan fingerprint density at radius 3 is 2.30 bits per heavy atom. The number of benzene rings is 2. The maximum Gasteiger partial charge on any atom is 0.250 e. The first-order chi connectivity index (χ1) is 14.5. The molecule has 0 amide bonds. The van der Waals surface area contributed by atoms with Crippen molar-refractivity contribution < 1.29 is 23.0 Å². The molecule has 158 valence electrons. The van der Waals surface area contributed by atoms with Crippen LogP contribution < -0.4 is 9.47 Å². The Kier molecular flexibility index (Phi) is 7.36. The van der Waals surface area contributed by atoms with Gasteiger partial charge in [-0.3, -0.25) is 0 Å². The minimum atomic E-state index is -2.59. The van der Waals surface area contributed by atoms with Crippen molar-refractivity contribution in [1.82, 2.24) is 4.98 Å². The molecule has 0 spiro atoms. The van der Waals surface area contributed by atoms with Crippen LogP contribution in [0.2, 0.25) is 0 Å². The molecule has 0 saturated carbocycles. The second kappa shape index (κ2) is 10.2. The minimum Gasteiger partial charge on any atom is -0.494 e. The van der Waals surface area contributed by atoms with Crippen LogP contribution in [0.15, 0.2) is 72.8 Å². The minimum absolute atomic E-state index is 0.103. The van der Waals surface area contributed by atoms with Gasteiger partial charge in [0.1, 0.15) is 11.5 Å². The van der Waals surface area contributed by atoms with Gasteiger partial charge in [0.25, 0.3) is 0 Å². The summed E-state index contributed by atoms with van der Waals surface area (Å²) < 4.78 is 44.6. The van der Waals surface area contributed by atoms with E-state index in [1.165, 1.54) is 6.92 Å². The highest BCUT2D eigenvalue weighted by atomic mass is 19.3. The number of para-hydroxylation sites is 1. The number of nitrogens with zero attached hydrogens (tertiary/aromatic N) is 1. The third-order valence-electron chi connectivity index (χ3n) is 4.71. The van der Waals surface area contributed by atoms with Crippen molar-refractivity contribution in [3.8, 4) is 17.4 Å². The van der Waals surface area contributed by atoms with Gasteiger partial charge >= 0.3 is 0 Å². The molecule has 3 rings (SSSR count). The van der Waals surface area contributed by atoms with Crippen LogP contribution in [-0.4, -0.2) is 24.6 Å². The molecule has 3 aromatic rings. The second-order valence-corrected chi connectivity index (χ2v) is 7.05. The summed E-state index contributed by atoms with van der Waals surface area (Å²) in [6.45, 7) is 3.85. The summed E-state index contributed by atoms with van der Waals surface area (Å²) in [4.78, 5) is 4.39. The molecule has 1 unspecified atom stereocenters. The van der Waals surface area contributed by atoms with E-state index in [-0.39, 0.29) is 13.2 Å². The lowest BCUT2D eigenvalue weighted by Gasteiger charge is -2.29. The first-order valence-corrected chi connectivity index (χ1v) is 9.79. The van der Waals surface area contributed by atoms with Crippen molar-refractivity contribution in [2.24, 2.45) is 0 Å². The highest BCUT2D eigenvalue weighted by Gasteiger charge is 2.37. The van der Waals surface area contributed by atoms with Gasteiger partial charge in [-0.05, 0) is 49.7 Å². The fourth-order valence-corrected chi connectivity index (χ4v) is 2.94. The largest absolute Gasteiger partial charge is 0.494 e. The molecular formula is C24H25F2NO3. The van der Waals surface area contributed by atoms with Crippen molar-refractivity contribution in [2.75, 3.05) is 13.2 Å². The normalized spacial score (nSPS) is 13.1. The summed E-state index contributed by atoms with van der Waals surface area (Å²) in [5.41, 5.74) is -0.343. The van der Waals surface area contributed by atoms with Gasteiger partial charge in [-0.2, -0.15) is 0 Å². The summed E-state index contributed by atoms with van der Waals surface area (Å²) in [5.74, 6) is 1.74. The molecule has 0 saturated heterocycles. The molecule has 0 fully saturated rings. The third-order valence-corrected chi connectivity index (χ3v) is 4.71. The fraction of sp³-hybridized carbons (Fsp3) is 0.292. The third kappa shape index (κ3) is 5.54. The average Bonchev–Trinajstić information content (AvgIpc) is 2.75. The van der Waals surface area contributed by atoms with E-state index in [1.54, 1.807) is 42.5 Å². The first-order valence-electron chi connectivity index (χ1n) is 9.79. The molecule has 0 aliphatic rings. The lowest BCUT2D eigenvalue weighted by molar-refractivity contribution is -0.0135. The van der Waals surface area contributed by atoms with Gasteiger partial charge in [0.15, 0.2) is 0 Å². The van der Waals surface area contributed by atoms with Crippen LogP contribution in [0.3, 0.4) is 0 Å². The van der Waals surface area contributed by atoms with Gasteiger partial charge in [-0.25, -0.2) is 13.8 Å². The van der Waals surface area contributed by atoms with E-state index in [0.717, 1.165) is 0 Å². The smallest absolute Gasteiger partial charge is 0.250 e. The molecule has 4 nitrogen and oxygen atoms in total. The zero-order valence-corrected chi connectivity index (χ0v) is 17.1. The summed E-state index contributed by atoms with van der Waals surface area (Å²) in [6.07, 6.45) is -2.59. The van der Waals surface area contributed by atoms with Gasteiger partial charge in [-0.15, -0.1) is 0 Å². The van der Waals surface area contributed by atoms with E-state index < -0.39 is 11.8 Å². The van der Waals surface area contributed by atoms with Crippen molar-refractivity contribution in [2.45, 2.75) is 32.3 Å². The Labute approximate surface area is 175 Å². The summed E-state index contributed by atoms with van der Waals surface area (Å²) >= 11 is 0. The first kappa shape index (κ1) is 21.7. The monoisotopic (exact) mass is 413 g/mol. The van der Waals surface area contributed by atoms with Gasteiger partial charge in [-0.1, -0.05) is 36.4 Å². The number of ether oxygens (including phenoxy) is 3. The van der Waals surface area contributed by atoms with Crippen LogP contribution in [0.25, 0.3) is 0 Å². The van der Waals surface area contributed by atoms with Gasteiger partial charge < -0.3 is 14.2 Å². The topological polar surface area (TPSA) is 40.6 Å². The summed E-state index contributed by atoms with van der Waals surface area (Å²) in [5, 5.41) is 0. The van der Waals surface area contributed by atoms with E-state index in [2.05, 4.69) is 4.98 Å². The molecular weight excluding hydrogens is 388 g/mol. The Hall–Kier alpha value is -2.99. The Bertz CT molecular complexity index is 919. The predicted octanol–water partition coefficient (Wildman–Crippen LogP) is 6.01.